The van der Waals surface area contributed by atoms with Crippen molar-refractivity contribution in [3.63, 3.8) is 0 Å². The Morgan fingerprint density at radius 1 is 1.23 bits per heavy atom. The first-order valence-corrected chi connectivity index (χ1v) is 13.8. The van der Waals surface area contributed by atoms with Gasteiger partial charge < -0.3 is 20.1 Å². The number of aliphatic hydroxyl groups is 3. The van der Waals surface area contributed by atoms with E-state index in [1.165, 1.54) is 31.3 Å². The Labute approximate surface area is 213 Å². The van der Waals surface area contributed by atoms with E-state index in [1.54, 1.807) is 7.11 Å². The van der Waals surface area contributed by atoms with Crippen molar-refractivity contribution in [1.29, 1.82) is 0 Å². The van der Waals surface area contributed by atoms with Crippen LogP contribution in [0.2, 0.25) is 0 Å². The van der Waals surface area contributed by atoms with Crippen molar-refractivity contribution in [3.8, 4) is 11.8 Å². The average Bonchev–Trinajstić information content (AvgIpc) is 3.20. The zero-order chi connectivity index (χ0) is 25.8. The fourth-order valence-electron chi connectivity index (χ4n) is 7.04. The lowest BCUT2D eigenvalue weighted by Crippen LogP contribution is -2.39. The minimum absolute atomic E-state index is 0.126. The number of hydrogen-bond donors (Lipinski definition) is 3. The molecule has 3 fully saturated rings. The molecule has 196 valence electrons. The molecule has 4 nitrogen and oxygen atoms in total. The third kappa shape index (κ3) is 6.13. The molecule has 3 rings (SSSR count). The van der Waals surface area contributed by atoms with Crippen molar-refractivity contribution in [3.05, 3.63) is 35.5 Å². The van der Waals surface area contributed by atoms with Crippen LogP contribution in [-0.4, -0.2) is 46.3 Å². The highest BCUT2D eigenvalue weighted by atomic mass is 16.5. The van der Waals surface area contributed by atoms with Crippen LogP contribution in [0.25, 0.3) is 0 Å². The second-order valence-corrected chi connectivity index (χ2v) is 11.6. The fourth-order valence-corrected chi connectivity index (χ4v) is 7.04. The van der Waals surface area contributed by atoms with E-state index < -0.39 is 17.8 Å². The number of fused-ring (bicyclic) bond motifs is 1. The van der Waals surface area contributed by atoms with Crippen molar-refractivity contribution < 1.29 is 20.1 Å². The molecule has 0 bridgehead atoms. The molecular formula is C31H48O4. The molecule has 0 saturated heterocycles. The topological polar surface area (TPSA) is 69.9 Å². The molecule has 7 atom stereocenters. The van der Waals surface area contributed by atoms with Crippen LogP contribution in [0.4, 0.5) is 0 Å². The van der Waals surface area contributed by atoms with Crippen LogP contribution in [0.1, 0.15) is 91.9 Å². The van der Waals surface area contributed by atoms with E-state index in [0.29, 0.717) is 49.9 Å². The summed E-state index contributed by atoms with van der Waals surface area (Å²) in [5.74, 6) is 8.01. The van der Waals surface area contributed by atoms with Gasteiger partial charge in [0.05, 0.1) is 17.8 Å². The molecule has 4 heteroatoms. The van der Waals surface area contributed by atoms with Crippen LogP contribution in [0.5, 0.6) is 0 Å². The standard InChI is InChI=1S/C31H48O4/c1-7-31(34,8-2)18-10-12-29(35-6)22(4)26-15-16-27-23(11-9-17-30(26,27)5)13-14-24-19-25(32)20-28(33)21(24)3/h13-14,22,25-29,32-34H,3,7-9,11,15-20H2,1-2,4-6H3/b23-13+,24-14-/t22-,25-,26-,27+,28+,29-,30-/m1/s1. The predicted molar refractivity (Wildman–Crippen MR) is 143 cm³/mol. The Bertz CT molecular complexity index is 870. The number of methoxy groups -OCH3 is 1. The van der Waals surface area contributed by atoms with Gasteiger partial charge in [-0.05, 0) is 85.7 Å². The van der Waals surface area contributed by atoms with Gasteiger partial charge in [-0.2, -0.15) is 0 Å². The molecular weight excluding hydrogens is 436 g/mol. The van der Waals surface area contributed by atoms with Gasteiger partial charge in [0.15, 0.2) is 0 Å². The molecule has 0 aromatic heterocycles. The zero-order valence-corrected chi connectivity index (χ0v) is 22.6. The summed E-state index contributed by atoms with van der Waals surface area (Å²) in [5, 5.41) is 30.9. The van der Waals surface area contributed by atoms with Crippen LogP contribution in [0, 0.1) is 35.0 Å². The van der Waals surface area contributed by atoms with Crippen LogP contribution in [0.15, 0.2) is 35.5 Å². The Balaban J connectivity index is 1.76. The normalized spacial score (nSPS) is 35.5. The minimum atomic E-state index is -0.702. The number of hydrogen-bond acceptors (Lipinski definition) is 4. The van der Waals surface area contributed by atoms with Gasteiger partial charge in [-0.15, -0.1) is 0 Å². The van der Waals surface area contributed by atoms with Crippen LogP contribution in [-0.2, 0) is 4.74 Å². The van der Waals surface area contributed by atoms with E-state index in [9.17, 15) is 15.3 Å². The molecule has 0 aliphatic heterocycles. The van der Waals surface area contributed by atoms with Crippen molar-refractivity contribution in [2.75, 3.05) is 7.11 Å². The summed E-state index contributed by atoms with van der Waals surface area (Å²) in [6.07, 6.45) is 11.9. The Hall–Kier alpha value is -1.38. The van der Waals surface area contributed by atoms with Crippen molar-refractivity contribution in [2.24, 2.45) is 23.2 Å². The first kappa shape index (κ1) is 28.2. The maximum absolute atomic E-state index is 10.6. The second kappa shape index (κ2) is 11.8. The van der Waals surface area contributed by atoms with Gasteiger partial charge in [-0.25, -0.2) is 0 Å². The van der Waals surface area contributed by atoms with Crippen LogP contribution >= 0.6 is 0 Å². The summed E-state index contributed by atoms with van der Waals surface area (Å²) < 4.78 is 5.88. The van der Waals surface area contributed by atoms with Gasteiger partial charge in [0, 0.05) is 20.0 Å². The quantitative estimate of drug-likeness (QED) is 0.404. The highest BCUT2D eigenvalue weighted by molar-refractivity contribution is 5.38. The molecule has 0 amide bonds. The zero-order valence-electron chi connectivity index (χ0n) is 22.6. The summed E-state index contributed by atoms with van der Waals surface area (Å²) in [6, 6.07) is 0. The fraction of sp³-hybridized carbons (Fsp3) is 0.742. The van der Waals surface area contributed by atoms with Gasteiger partial charge in [0.2, 0.25) is 0 Å². The van der Waals surface area contributed by atoms with E-state index in [2.05, 4.69) is 44.4 Å². The Morgan fingerprint density at radius 2 is 1.94 bits per heavy atom. The third-order valence-corrected chi connectivity index (χ3v) is 9.65. The van der Waals surface area contributed by atoms with E-state index in [1.807, 2.05) is 13.8 Å². The van der Waals surface area contributed by atoms with Gasteiger partial charge in [-0.1, -0.05) is 63.8 Å². The van der Waals surface area contributed by atoms with Gasteiger partial charge in [-0.3, -0.25) is 0 Å². The average molecular weight is 485 g/mol. The number of allylic oxidation sites excluding steroid dienone is 3. The van der Waals surface area contributed by atoms with Crippen LogP contribution < -0.4 is 0 Å². The Kier molecular flexibility index (Phi) is 9.49. The smallest absolute Gasteiger partial charge is 0.120 e. The predicted octanol–water partition coefficient (Wildman–Crippen LogP) is 5.72. The summed E-state index contributed by atoms with van der Waals surface area (Å²) in [5.41, 5.74) is 2.75. The van der Waals surface area contributed by atoms with E-state index in [-0.39, 0.29) is 11.5 Å². The number of ether oxygens (including phenoxy) is 1. The summed E-state index contributed by atoms with van der Waals surface area (Å²) in [6.45, 7) is 12.9. The van der Waals surface area contributed by atoms with Gasteiger partial charge in [0.25, 0.3) is 0 Å². The lowest BCUT2D eigenvalue weighted by Gasteiger charge is -2.45. The summed E-state index contributed by atoms with van der Waals surface area (Å²) in [4.78, 5) is 0. The molecule has 3 saturated carbocycles. The van der Waals surface area contributed by atoms with E-state index in [0.717, 1.165) is 17.6 Å². The molecule has 35 heavy (non-hydrogen) atoms. The maximum Gasteiger partial charge on any atom is 0.120 e. The largest absolute Gasteiger partial charge is 0.393 e. The summed E-state index contributed by atoms with van der Waals surface area (Å²) >= 11 is 0. The first-order chi connectivity index (χ1) is 16.6. The van der Waals surface area contributed by atoms with Gasteiger partial charge in [0.1, 0.15) is 6.10 Å². The second-order valence-electron chi connectivity index (χ2n) is 11.6. The van der Waals surface area contributed by atoms with Gasteiger partial charge >= 0.3 is 0 Å². The minimum Gasteiger partial charge on any atom is -0.393 e. The molecule has 0 spiro atoms. The molecule has 3 N–H and O–H groups in total. The monoisotopic (exact) mass is 484 g/mol. The lowest BCUT2D eigenvalue weighted by atomic mass is 9.60. The number of aliphatic hydroxyl groups excluding tert-OH is 2. The van der Waals surface area contributed by atoms with Crippen molar-refractivity contribution in [2.45, 2.75) is 116 Å². The molecule has 0 unspecified atom stereocenters. The van der Waals surface area contributed by atoms with Crippen molar-refractivity contribution >= 4 is 0 Å². The Morgan fingerprint density at radius 3 is 2.60 bits per heavy atom. The molecule has 0 radical (unpaired) electrons. The van der Waals surface area contributed by atoms with E-state index >= 15 is 0 Å². The highest BCUT2D eigenvalue weighted by Gasteiger charge is 2.51. The van der Waals surface area contributed by atoms with E-state index in [4.69, 9.17) is 4.74 Å². The molecule has 0 aromatic rings. The SMILES string of the molecule is C=C1/C(=C\C=C2/CCC[C@]3(C)[C@@H]([C@@H](C)[C@@H](C#CCC(O)(CC)CC)OC)CC[C@@H]23)C[C@@H](O)C[C@@H]1O. The van der Waals surface area contributed by atoms with Crippen LogP contribution in [0.3, 0.4) is 0 Å². The molecule has 0 aromatic carbocycles. The maximum atomic E-state index is 10.6. The summed E-state index contributed by atoms with van der Waals surface area (Å²) in [7, 11) is 1.76. The first-order valence-electron chi connectivity index (χ1n) is 13.8. The van der Waals surface area contributed by atoms with Crippen molar-refractivity contribution in [1.82, 2.24) is 0 Å². The highest BCUT2D eigenvalue weighted by Crippen LogP contribution is 2.59. The molecule has 3 aliphatic rings. The lowest BCUT2D eigenvalue weighted by molar-refractivity contribution is 0.0224. The third-order valence-electron chi connectivity index (χ3n) is 9.65. The number of rotatable bonds is 7. The molecule has 0 heterocycles. The molecule has 3 aliphatic carbocycles.